The van der Waals surface area contributed by atoms with E-state index in [0.717, 1.165) is 0 Å². The van der Waals surface area contributed by atoms with Gasteiger partial charge in [-0.25, -0.2) is 8.42 Å². The van der Waals surface area contributed by atoms with Gasteiger partial charge in [0.1, 0.15) is 0 Å². The van der Waals surface area contributed by atoms with Crippen LogP contribution in [0, 0.1) is 0 Å². The van der Waals surface area contributed by atoms with Gasteiger partial charge in [0, 0.05) is 19.7 Å². The van der Waals surface area contributed by atoms with Crippen LogP contribution in [0.3, 0.4) is 0 Å². The first-order valence-electron chi connectivity index (χ1n) is 5.17. The zero-order chi connectivity index (χ0) is 13.1. The molecule has 1 aliphatic rings. The highest BCUT2D eigenvalue weighted by molar-refractivity contribution is 7.91. The fourth-order valence-corrected chi connectivity index (χ4v) is 3.53. The molecule has 0 saturated carbocycles. The van der Waals surface area contributed by atoms with Gasteiger partial charge in [-0.3, -0.25) is 9.59 Å². The maximum absolute atomic E-state index is 11.5. The number of ether oxygens (including phenoxy) is 1. The molecule has 0 bridgehead atoms. The smallest absolute Gasteiger partial charge is 0.312 e. The van der Waals surface area contributed by atoms with Crippen LogP contribution >= 0.6 is 0 Å². The van der Waals surface area contributed by atoms with E-state index in [1.165, 1.54) is 12.0 Å². The van der Waals surface area contributed by atoms with E-state index >= 15 is 0 Å². The molecule has 0 aliphatic carbocycles. The lowest BCUT2D eigenvalue weighted by Gasteiger charge is -2.26. The highest BCUT2D eigenvalue weighted by Gasteiger charge is 2.35. The molecule has 0 radical (unpaired) electrons. The Morgan fingerprint density at radius 2 is 2.12 bits per heavy atom. The van der Waals surface area contributed by atoms with Gasteiger partial charge >= 0.3 is 11.8 Å². The normalized spacial score (nSPS) is 22.3. The lowest BCUT2D eigenvalue weighted by molar-refractivity contribution is -0.145. The van der Waals surface area contributed by atoms with Gasteiger partial charge in [-0.15, -0.1) is 0 Å². The Morgan fingerprint density at radius 3 is 2.53 bits per heavy atom. The van der Waals surface area contributed by atoms with E-state index in [2.05, 4.69) is 0 Å². The standard InChI is InChI=1S/C9H16N2O5S/c1-16-4-3-11(9(13)8(10)12)7-2-5-17(14,15)6-7/h7H,2-6H2,1H3,(H2,10,12). The van der Waals surface area contributed by atoms with E-state index in [9.17, 15) is 18.0 Å². The van der Waals surface area contributed by atoms with Crippen molar-refractivity contribution in [3.8, 4) is 0 Å². The van der Waals surface area contributed by atoms with Gasteiger partial charge < -0.3 is 15.4 Å². The Balaban J connectivity index is 2.77. The minimum atomic E-state index is -3.11. The molecule has 1 rings (SSSR count). The Bertz CT molecular complexity index is 406. The third-order valence-electron chi connectivity index (χ3n) is 2.66. The minimum absolute atomic E-state index is 0.0349. The number of carbonyl (C=O) groups is 2. The first-order chi connectivity index (χ1) is 7.87. The molecule has 0 aromatic rings. The number of hydrogen-bond donors (Lipinski definition) is 1. The molecule has 17 heavy (non-hydrogen) atoms. The summed E-state index contributed by atoms with van der Waals surface area (Å²) < 4.78 is 27.5. The van der Waals surface area contributed by atoms with Crippen LogP contribution in [-0.4, -0.2) is 62.9 Å². The van der Waals surface area contributed by atoms with Crippen molar-refractivity contribution in [2.75, 3.05) is 31.8 Å². The molecule has 1 heterocycles. The van der Waals surface area contributed by atoms with Crippen molar-refractivity contribution in [3.05, 3.63) is 0 Å². The van der Waals surface area contributed by atoms with Gasteiger partial charge in [0.25, 0.3) is 0 Å². The predicted molar refractivity (Wildman–Crippen MR) is 59.8 cm³/mol. The zero-order valence-electron chi connectivity index (χ0n) is 9.59. The maximum Gasteiger partial charge on any atom is 0.312 e. The van der Waals surface area contributed by atoms with Crippen LogP contribution in [0.1, 0.15) is 6.42 Å². The summed E-state index contributed by atoms with van der Waals surface area (Å²) in [6, 6.07) is -0.477. The molecular formula is C9H16N2O5S. The van der Waals surface area contributed by atoms with Crippen molar-refractivity contribution in [2.24, 2.45) is 5.73 Å². The molecular weight excluding hydrogens is 248 g/mol. The molecule has 1 unspecified atom stereocenters. The summed E-state index contributed by atoms with van der Waals surface area (Å²) in [5.74, 6) is -2.02. The van der Waals surface area contributed by atoms with Gasteiger partial charge in [-0.2, -0.15) is 0 Å². The molecule has 0 spiro atoms. The van der Waals surface area contributed by atoms with E-state index < -0.39 is 27.7 Å². The molecule has 0 aromatic carbocycles. The average Bonchev–Trinajstić information content (AvgIpc) is 2.59. The molecule has 2 N–H and O–H groups in total. The summed E-state index contributed by atoms with van der Waals surface area (Å²) in [6.07, 6.45) is 0.338. The topological polar surface area (TPSA) is 107 Å². The summed E-state index contributed by atoms with van der Waals surface area (Å²) in [5, 5.41) is 0. The zero-order valence-corrected chi connectivity index (χ0v) is 10.4. The number of hydrogen-bond acceptors (Lipinski definition) is 5. The van der Waals surface area contributed by atoms with Gasteiger partial charge in [0.15, 0.2) is 9.84 Å². The highest BCUT2D eigenvalue weighted by atomic mass is 32.2. The van der Waals surface area contributed by atoms with Crippen LogP contribution in [0.25, 0.3) is 0 Å². The second kappa shape index (κ2) is 5.46. The minimum Gasteiger partial charge on any atom is -0.383 e. The van der Waals surface area contributed by atoms with E-state index in [0.29, 0.717) is 6.42 Å². The fourth-order valence-electron chi connectivity index (χ4n) is 1.80. The summed E-state index contributed by atoms with van der Waals surface area (Å²) in [5.41, 5.74) is 4.92. The number of primary amides is 1. The van der Waals surface area contributed by atoms with Crippen molar-refractivity contribution in [1.29, 1.82) is 0 Å². The average molecular weight is 264 g/mol. The largest absolute Gasteiger partial charge is 0.383 e. The number of methoxy groups -OCH3 is 1. The summed E-state index contributed by atoms with van der Waals surface area (Å²) in [6.45, 7) is 0.397. The fraction of sp³-hybridized carbons (Fsp3) is 0.778. The molecule has 8 heteroatoms. The number of nitrogens with two attached hydrogens (primary N) is 1. The van der Waals surface area contributed by atoms with Crippen molar-refractivity contribution in [2.45, 2.75) is 12.5 Å². The number of nitrogens with zero attached hydrogens (tertiary/aromatic N) is 1. The maximum atomic E-state index is 11.5. The number of carbonyl (C=O) groups excluding carboxylic acids is 2. The van der Waals surface area contributed by atoms with Crippen LogP contribution in [-0.2, 0) is 24.2 Å². The molecule has 1 fully saturated rings. The predicted octanol–water partition coefficient (Wildman–Crippen LogP) is -1.87. The van der Waals surface area contributed by atoms with Crippen LogP contribution in [0.15, 0.2) is 0 Å². The number of rotatable bonds is 4. The van der Waals surface area contributed by atoms with Crippen molar-refractivity contribution in [1.82, 2.24) is 4.90 Å². The lowest BCUT2D eigenvalue weighted by Crippen LogP contribution is -2.48. The number of amides is 2. The van der Waals surface area contributed by atoms with Gasteiger partial charge in [0.2, 0.25) is 0 Å². The van der Waals surface area contributed by atoms with Crippen molar-refractivity contribution in [3.63, 3.8) is 0 Å². The summed E-state index contributed by atoms with van der Waals surface area (Å²) >= 11 is 0. The van der Waals surface area contributed by atoms with Crippen molar-refractivity contribution >= 4 is 21.7 Å². The third kappa shape index (κ3) is 3.67. The summed E-state index contributed by atoms with van der Waals surface area (Å²) in [7, 11) is -1.65. The van der Waals surface area contributed by atoms with E-state index in [-0.39, 0.29) is 24.7 Å². The molecule has 98 valence electrons. The van der Waals surface area contributed by atoms with Crippen LogP contribution < -0.4 is 5.73 Å². The monoisotopic (exact) mass is 264 g/mol. The molecule has 2 amide bonds. The SMILES string of the molecule is COCCN(C(=O)C(N)=O)C1CCS(=O)(=O)C1. The number of sulfone groups is 1. The van der Waals surface area contributed by atoms with Gasteiger partial charge in [-0.1, -0.05) is 0 Å². The summed E-state index contributed by atoms with van der Waals surface area (Å²) in [4.78, 5) is 23.6. The van der Waals surface area contributed by atoms with Crippen molar-refractivity contribution < 1.29 is 22.7 Å². The highest BCUT2D eigenvalue weighted by Crippen LogP contribution is 2.17. The molecule has 7 nitrogen and oxygen atoms in total. The molecule has 1 saturated heterocycles. The van der Waals surface area contributed by atoms with E-state index in [1.54, 1.807) is 0 Å². The van der Waals surface area contributed by atoms with Gasteiger partial charge in [0.05, 0.1) is 18.1 Å². The van der Waals surface area contributed by atoms with E-state index in [1.807, 2.05) is 0 Å². The quantitative estimate of drug-likeness (QED) is 0.599. The van der Waals surface area contributed by atoms with E-state index in [4.69, 9.17) is 10.5 Å². The Labute approximate surface area is 99.8 Å². The second-order valence-corrected chi connectivity index (χ2v) is 6.14. The van der Waals surface area contributed by atoms with Gasteiger partial charge in [-0.05, 0) is 6.42 Å². The molecule has 1 atom stereocenters. The first-order valence-corrected chi connectivity index (χ1v) is 6.99. The van der Waals surface area contributed by atoms with Crippen LogP contribution in [0.5, 0.6) is 0 Å². The van der Waals surface area contributed by atoms with Crippen LogP contribution in [0.4, 0.5) is 0 Å². The third-order valence-corrected chi connectivity index (χ3v) is 4.41. The molecule has 1 aliphatic heterocycles. The first kappa shape index (κ1) is 13.9. The Morgan fingerprint density at radius 1 is 1.47 bits per heavy atom. The Kier molecular flexibility index (Phi) is 4.47. The van der Waals surface area contributed by atoms with Crippen LogP contribution in [0.2, 0.25) is 0 Å². The lowest BCUT2D eigenvalue weighted by atomic mass is 10.2. The second-order valence-electron chi connectivity index (χ2n) is 3.91. The molecule has 0 aromatic heterocycles. The Hall–Kier alpha value is -1.15.